The monoisotopic (exact) mass is 287 g/mol. The fourth-order valence-electron chi connectivity index (χ4n) is 3.52. The van der Waals surface area contributed by atoms with Crippen molar-refractivity contribution in [3.05, 3.63) is 29.6 Å². The second-order valence-electron chi connectivity index (χ2n) is 6.24. The lowest BCUT2D eigenvalue weighted by atomic mass is 10.1. The number of hydrogen-bond donors (Lipinski definition) is 2. The van der Waals surface area contributed by atoms with Crippen molar-refractivity contribution in [1.29, 1.82) is 5.41 Å². The minimum atomic E-state index is 0.0458. The number of aromatic nitrogens is 1. The van der Waals surface area contributed by atoms with Gasteiger partial charge in [0.25, 0.3) is 0 Å². The first-order chi connectivity index (χ1) is 10.2. The Bertz CT molecular complexity index is 495. The average Bonchev–Trinajstić information content (AvgIpc) is 2.97. The van der Waals surface area contributed by atoms with Crippen LogP contribution in [-0.2, 0) is 6.54 Å². The summed E-state index contributed by atoms with van der Waals surface area (Å²) in [6, 6.07) is 4.71. The van der Waals surface area contributed by atoms with Crippen LogP contribution in [0.25, 0.3) is 0 Å². The molecule has 0 bridgehead atoms. The molecule has 1 aromatic rings. The number of amidine groups is 1. The number of nitrogens with zero attached hydrogens (tertiary/aromatic N) is 3. The summed E-state index contributed by atoms with van der Waals surface area (Å²) in [5.74, 6) is 0.0458. The van der Waals surface area contributed by atoms with Crippen molar-refractivity contribution in [1.82, 2.24) is 14.8 Å². The molecule has 21 heavy (non-hydrogen) atoms. The number of nitrogens with one attached hydrogen (secondary N) is 1. The van der Waals surface area contributed by atoms with Gasteiger partial charge >= 0.3 is 0 Å². The van der Waals surface area contributed by atoms with Crippen LogP contribution in [0.4, 0.5) is 0 Å². The molecule has 0 saturated carbocycles. The third-order valence-corrected chi connectivity index (χ3v) is 4.66. The minimum Gasteiger partial charge on any atom is -0.382 e. The SMILES string of the molecule is N=C(N)c1cc(CN2CCC(N3CCCCC3)C2)ccn1. The van der Waals surface area contributed by atoms with Crippen LogP contribution in [-0.4, -0.2) is 52.8 Å². The summed E-state index contributed by atoms with van der Waals surface area (Å²) in [6.45, 7) is 5.83. The molecule has 1 aromatic heterocycles. The van der Waals surface area contributed by atoms with E-state index in [1.54, 1.807) is 6.20 Å². The fourth-order valence-corrected chi connectivity index (χ4v) is 3.52. The molecular formula is C16H25N5. The smallest absolute Gasteiger partial charge is 0.141 e. The Labute approximate surface area is 126 Å². The maximum absolute atomic E-state index is 7.48. The molecule has 0 aromatic carbocycles. The van der Waals surface area contributed by atoms with Gasteiger partial charge in [0.15, 0.2) is 0 Å². The van der Waals surface area contributed by atoms with Crippen LogP contribution in [0, 0.1) is 5.41 Å². The van der Waals surface area contributed by atoms with Crippen LogP contribution >= 0.6 is 0 Å². The van der Waals surface area contributed by atoms with Crippen LogP contribution in [0.15, 0.2) is 18.3 Å². The molecule has 5 nitrogen and oxygen atoms in total. The quantitative estimate of drug-likeness (QED) is 0.649. The van der Waals surface area contributed by atoms with Crippen LogP contribution in [0.3, 0.4) is 0 Å². The Balaban J connectivity index is 1.56. The summed E-state index contributed by atoms with van der Waals surface area (Å²) in [7, 11) is 0. The summed E-state index contributed by atoms with van der Waals surface area (Å²) >= 11 is 0. The van der Waals surface area contributed by atoms with E-state index >= 15 is 0 Å². The fraction of sp³-hybridized carbons (Fsp3) is 0.625. The highest BCUT2D eigenvalue weighted by Gasteiger charge is 2.28. The first kappa shape index (κ1) is 14.5. The van der Waals surface area contributed by atoms with Crippen molar-refractivity contribution < 1.29 is 0 Å². The molecule has 3 rings (SSSR count). The van der Waals surface area contributed by atoms with Gasteiger partial charge in [0.2, 0.25) is 0 Å². The summed E-state index contributed by atoms with van der Waals surface area (Å²) in [4.78, 5) is 9.32. The van der Waals surface area contributed by atoms with Gasteiger partial charge in [-0.3, -0.25) is 20.2 Å². The second kappa shape index (κ2) is 6.54. The maximum Gasteiger partial charge on any atom is 0.141 e. The van der Waals surface area contributed by atoms with E-state index in [1.165, 1.54) is 50.9 Å². The number of nitrogen functional groups attached to an aromatic ring is 1. The third-order valence-electron chi connectivity index (χ3n) is 4.66. The molecule has 2 aliphatic rings. The molecule has 0 radical (unpaired) electrons. The molecule has 0 aliphatic carbocycles. The topological polar surface area (TPSA) is 69.2 Å². The summed E-state index contributed by atoms with van der Waals surface area (Å²) in [5.41, 5.74) is 7.30. The van der Waals surface area contributed by atoms with E-state index in [2.05, 4.69) is 14.8 Å². The lowest BCUT2D eigenvalue weighted by Gasteiger charge is -2.32. The van der Waals surface area contributed by atoms with Gasteiger partial charge in [0.1, 0.15) is 11.5 Å². The highest BCUT2D eigenvalue weighted by molar-refractivity contribution is 5.93. The van der Waals surface area contributed by atoms with Gasteiger partial charge in [-0.05, 0) is 50.0 Å². The normalized spacial score (nSPS) is 24.3. The lowest BCUT2D eigenvalue weighted by Crippen LogP contribution is -2.40. The Morgan fingerprint density at radius 3 is 2.86 bits per heavy atom. The second-order valence-corrected chi connectivity index (χ2v) is 6.24. The zero-order chi connectivity index (χ0) is 14.7. The van der Waals surface area contributed by atoms with Crippen molar-refractivity contribution in [3.8, 4) is 0 Å². The summed E-state index contributed by atoms with van der Waals surface area (Å²) < 4.78 is 0. The molecule has 1 unspecified atom stereocenters. The molecule has 2 aliphatic heterocycles. The number of hydrogen-bond acceptors (Lipinski definition) is 4. The number of rotatable bonds is 4. The number of nitrogens with two attached hydrogens (primary N) is 1. The molecule has 3 N–H and O–H groups in total. The summed E-state index contributed by atoms with van der Waals surface area (Å²) in [6.07, 6.45) is 7.17. The molecule has 2 saturated heterocycles. The predicted molar refractivity (Wildman–Crippen MR) is 84.4 cm³/mol. The van der Waals surface area contributed by atoms with Crippen LogP contribution in [0.1, 0.15) is 36.9 Å². The molecule has 1 atom stereocenters. The Hall–Kier alpha value is -1.46. The first-order valence-electron chi connectivity index (χ1n) is 7.98. The summed E-state index contributed by atoms with van der Waals surface area (Å²) in [5, 5.41) is 7.48. The zero-order valence-corrected chi connectivity index (χ0v) is 12.6. The molecule has 5 heteroatoms. The van der Waals surface area contributed by atoms with Crippen LogP contribution < -0.4 is 5.73 Å². The van der Waals surface area contributed by atoms with Crippen molar-refractivity contribution in [2.24, 2.45) is 5.73 Å². The average molecular weight is 287 g/mol. The van der Waals surface area contributed by atoms with E-state index in [0.29, 0.717) is 5.69 Å². The molecule has 0 spiro atoms. The molecule has 3 heterocycles. The van der Waals surface area contributed by atoms with Gasteiger partial charge in [-0.2, -0.15) is 0 Å². The predicted octanol–water partition coefficient (Wildman–Crippen LogP) is 1.43. The number of likely N-dealkylation sites (tertiary alicyclic amines) is 2. The van der Waals surface area contributed by atoms with E-state index < -0.39 is 0 Å². The van der Waals surface area contributed by atoms with Gasteiger partial charge < -0.3 is 5.73 Å². The minimum absolute atomic E-state index is 0.0458. The van der Waals surface area contributed by atoms with E-state index in [9.17, 15) is 0 Å². The largest absolute Gasteiger partial charge is 0.382 e. The first-order valence-corrected chi connectivity index (χ1v) is 7.98. The van der Waals surface area contributed by atoms with Gasteiger partial charge in [-0.1, -0.05) is 6.42 Å². The van der Waals surface area contributed by atoms with Crippen molar-refractivity contribution >= 4 is 5.84 Å². The van der Waals surface area contributed by atoms with Crippen molar-refractivity contribution in [2.45, 2.75) is 38.3 Å². The Kier molecular flexibility index (Phi) is 4.51. The van der Waals surface area contributed by atoms with E-state index in [1.807, 2.05) is 12.1 Å². The highest BCUT2D eigenvalue weighted by Crippen LogP contribution is 2.21. The Morgan fingerprint density at radius 2 is 2.10 bits per heavy atom. The maximum atomic E-state index is 7.48. The van der Waals surface area contributed by atoms with Crippen LogP contribution in [0.2, 0.25) is 0 Å². The molecule has 2 fully saturated rings. The Morgan fingerprint density at radius 1 is 1.29 bits per heavy atom. The lowest BCUT2D eigenvalue weighted by molar-refractivity contribution is 0.161. The molecule has 0 amide bonds. The number of pyridine rings is 1. The standard InChI is InChI=1S/C16H25N5/c17-16(18)15-10-13(4-6-19-15)11-20-9-5-14(12-20)21-7-2-1-3-8-21/h4,6,10,14H,1-3,5,7-9,11-12H2,(H3,17,18). The van der Waals surface area contributed by atoms with Gasteiger partial charge in [0, 0.05) is 31.9 Å². The van der Waals surface area contributed by atoms with E-state index in [0.717, 1.165) is 19.1 Å². The van der Waals surface area contributed by atoms with Crippen molar-refractivity contribution in [2.75, 3.05) is 26.2 Å². The van der Waals surface area contributed by atoms with Gasteiger partial charge in [0.05, 0.1) is 0 Å². The van der Waals surface area contributed by atoms with E-state index in [4.69, 9.17) is 11.1 Å². The van der Waals surface area contributed by atoms with Gasteiger partial charge in [-0.25, -0.2) is 0 Å². The molecule has 114 valence electrons. The number of piperidine rings is 1. The highest BCUT2D eigenvalue weighted by atomic mass is 15.3. The van der Waals surface area contributed by atoms with Crippen molar-refractivity contribution in [3.63, 3.8) is 0 Å². The van der Waals surface area contributed by atoms with Crippen LogP contribution in [0.5, 0.6) is 0 Å². The van der Waals surface area contributed by atoms with Gasteiger partial charge in [-0.15, -0.1) is 0 Å². The zero-order valence-electron chi connectivity index (χ0n) is 12.6. The third kappa shape index (κ3) is 3.60. The van der Waals surface area contributed by atoms with E-state index in [-0.39, 0.29) is 5.84 Å². The molecular weight excluding hydrogens is 262 g/mol.